The van der Waals surface area contributed by atoms with E-state index in [0.29, 0.717) is 17.6 Å². The van der Waals surface area contributed by atoms with E-state index in [-0.39, 0.29) is 35.8 Å². The number of benzene rings is 1. The molecule has 1 saturated carbocycles. The summed E-state index contributed by atoms with van der Waals surface area (Å²) in [5, 5.41) is 3.32. The van der Waals surface area contributed by atoms with Crippen molar-refractivity contribution in [3.8, 4) is 11.6 Å². The van der Waals surface area contributed by atoms with Crippen LogP contribution in [-0.2, 0) is 4.79 Å². The van der Waals surface area contributed by atoms with Crippen LogP contribution >= 0.6 is 0 Å². The monoisotopic (exact) mass is 372 g/mol. The van der Waals surface area contributed by atoms with Crippen LogP contribution in [0.5, 0.6) is 11.6 Å². The van der Waals surface area contributed by atoms with Crippen molar-refractivity contribution in [3.63, 3.8) is 0 Å². The molecule has 4 atom stereocenters. The number of hydrogen-bond acceptors (Lipinski definition) is 7. The average molecular weight is 372 g/mol. The second-order valence-electron chi connectivity index (χ2n) is 6.87. The van der Waals surface area contributed by atoms with Crippen LogP contribution in [0, 0.1) is 11.7 Å². The van der Waals surface area contributed by atoms with Crippen LogP contribution in [-0.4, -0.2) is 34.0 Å². The molecule has 2 heterocycles. The Balaban J connectivity index is 1.41. The van der Waals surface area contributed by atoms with Gasteiger partial charge in [-0.1, -0.05) is 0 Å². The Morgan fingerprint density at radius 3 is 2.81 bits per heavy atom. The van der Waals surface area contributed by atoms with Crippen molar-refractivity contribution in [2.45, 2.75) is 37.4 Å². The molecule has 1 saturated heterocycles. The van der Waals surface area contributed by atoms with Gasteiger partial charge < -0.3 is 15.8 Å². The van der Waals surface area contributed by atoms with E-state index in [1.54, 1.807) is 12.3 Å². The lowest BCUT2D eigenvalue weighted by atomic mass is 9.79. The van der Waals surface area contributed by atoms with Gasteiger partial charge in [-0.15, -0.1) is 0 Å². The van der Waals surface area contributed by atoms with Crippen molar-refractivity contribution in [2.24, 2.45) is 11.7 Å². The van der Waals surface area contributed by atoms with Crippen molar-refractivity contribution < 1.29 is 13.9 Å². The molecule has 2 aliphatic rings. The largest absolute Gasteiger partial charge is 0.439 e. The Bertz CT molecular complexity index is 818. The topological polar surface area (TPSA) is 114 Å². The second-order valence-corrected chi connectivity index (χ2v) is 6.87. The van der Waals surface area contributed by atoms with E-state index >= 15 is 0 Å². The Hall–Kier alpha value is -2.78. The van der Waals surface area contributed by atoms with E-state index in [0.717, 1.165) is 19.3 Å². The van der Waals surface area contributed by atoms with E-state index in [1.807, 2.05) is 0 Å². The first-order valence-electron chi connectivity index (χ1n) is 8.92. The number of nitrogens with zero attached hydrogens (tertiary/aromatic N) is 2. The maximum Gasteiger partial charge on any atom is 0.236 e. The fraction of sp³-hybridized carbons (Fsp3) is 0.389. The van der Waals surface area contributed by atoms with Crippen LogP contribution in [0.25, 0.3) is 0 Å². The predicted octanol–water partition coefficient (Wildman–Crippen LogP) is 1.32. The number of aromatic nitrogens is 2. The summed E-state index contributed by atoms with van der Waals surface area (Å²) in [5.41, 5.74) is 11.6. The Kier molecular flexibility index (Phi) is 4.87. The Morgan fingerprint density at radius 1 is 1.22 bits per heavy atom. The van der Waals surface area contributed by atoms with Gasteiger partial charge in [0.1, 0.15) is 17.6 Å². The molecule has 5 N–H and O–H groups in total. The van der Waals surface area contributed by atoms with E-state index in [4.69, 9.17) is 10.5 Å². The number of primary amides is 1. The summed E-state index contributed by atoms with van der Waals surface area (Å²) >= 11 is 0. The Morgan fingerprint density at radius 2 is 2.04 bits per heavy atom. The maximum atomic E-state index is 13.0. The van der Waals surface area contributed by atoms with Crippen LogP contribution in [0.15, 0.2) is 36.5 Å². The summed E-state index contributed by atoms with van der Waals surface area (Å²) in [5.74, 6) is 0.774. The minimum absolute atomic E-state index is 0.132. The van der Waals surface area contributed by atoms with E-state index in [9.17, 15) is 9.18 Å². The molecule has 0 spiro atoms. The van der Waals surface area contributed by atoms with Crippen molar-refractivity contribution >= 4 is 11.9 Å². The van der Waals surface area contributed by atoms with Gasteiger partial charge in [0.2, 0.25) is 17.7 Å². The molecule has 1 aromatic heterocycles. The molecule has 1 aliphatic carbocycles. The molecule has 9 heteroatoms. The number of fused-ring (bicyclic) bond motifs is 1. The lowest BCUT2D eigenvalue weighted by Crippen LogP contribution is -2.44. The predicted molar refractivity (Wildman–Crippen MR) is 96.3 cm³/mol. The van der Waals surface area contributed by atoms with Gasteiger partial charge in [0.15, 0.2) is 0 Å². The number of carbonyl (C=O) groups is 1. The number of anilines is 1. The summed E-state index contributed by atoms with van der Waals surface area (Å²) in [6.45, 7) is 0. The van der Waals surface area contributed by atoms with Crippen molar-refractivity contribution in [3.05, 3.63) is 42.3 Å². The highest BCUT2D eigenvalue weighted by Crippen LogP contribution is 2.31. The number of hydrogen-bond donors (Lipinski definition) is 4. The molecule has 1 aliphatic heterocycles. The minimum atomic E-state index is -0.367. The first-order chi connectivity index (χ1) is 13.1. The number of nitrogens with two attached hydrogens (primary N) is 1. The molecule has 0 radical (unpaired) electrons. The molecule has 2 aromatic rings. The lowest BCUT2D eigenvalue weighted by Gasteiger charge is -2.32. The number of hydrazine groups is 1. The summed E-state index contributed by atoms with van der Waals surface area (Å²) in [4.78, 5) is 20.2. The van der Waals surface area contributed by atoms with Crippen LogP contribution < -0.4 is 26.6 Å². The van der Waals surface area contributed by atoms with Gasteiger partial charge in [-0.3, -0.25) is 10.2 Å². The van der Waals surface area contributed by atoms with Gasteiger partial charge >= 0.3 is 0 Å². The normalized spacial score (nSPS) is 27.0. The highest BCUT2D eigenvalue weighted by atomic mass is 19.1. The fourth-order valence-corrected chi connectivity index (χ4v) is 3.74. The number of nitrogens with one attached hydrogen (secondary N) is 3. The van der Waals surface area contributed by atoms with Gasteiger partial charge in [0.25, 0.3) is 0 Å². The van der Waals surface area contributed by atoms with Crippen molar-refractivity contribution in [2.75, 3.05) is 5.32 Å². The highest BCUT2D eigenvalue weighted by molar-refractivity contribution is 5.80. The zero-order valence-electron chi connectivity index (χ0n) is 14.6. The first kappa shape index (κ1) is 17.6. The fourth-order valence-electron chi connectivity index (χ4n) is 3.74. The van der Waals surface area contributed by atoms with Crippen LogP contribution in [0.1, 0.15) is 19.3 Å². The average Bonchev–Trinajstić information content (AvgIpc) is 3.07. The molecule has 8 nitrogen and oxygen atoms in total. The van der Waals surface area contributed by atoms with Crippen molar-refractivity contribution in [1.29, 1.82) is 0 Å². The molecule has 1 aromatic carbocycles. The molecule has 0 bridgehead atoms. The van der Waals surface area contributed by atoms with E-state index < -0.39 is 0 Å². The zero-order valence-corrected chi connectivity index (χ0v) is 14.6. The Labute approximate surface area is 155 Å². The summed E-state index contributed by atoms with van der Waals surface area (Å²) < 4.78 is 18.6. The molecule has 142 valence electrons. The molecular formula is C18H21FN6O2. The number of carbonyl (C=O) groups excluding carboxylic acids is 1. The van der Waals surface area contributed by atoms with E-state index in [1.165, 1.54) is 24.3 Å². The smallest absolute Gasteiger partial charge is 0.236 e. The van der Waals surface area contributed by atoms with Gasteiger partial charge in [0, 0.05) is 30.3 Å². The number of rotatable bonds is 5. The van der Waals surface area contributed by atoms with Gasteiger partial charge in [-0.2, -0.15) is 4.98 Å². The highest BCUT2D eigenvalue weighted by Gasteiger charge is 2.42. The standard InChI is InChI=1S/C18H21FN6O2/c19-10-1-4-12(5-2-10)27-15-7-8-21-18(23-15)22-11-3-6-14-13(9-11)16(17(20)26)25-24-14/h1-2,4-5,7-8,11,13-14,16,24-25H,3,6,9H2,(H2,20,26)(H,21,22,23). The zero-order chi connectivity index (χ0) is 18.8. The summed E-state index contributed by atoms with van der Waals surface area (Å²) in [6, 6.07) is 7.38. The molecule has 2 fully saturated rings. The van der Waals surface area contributed by atoms with E-state index in [2.05, 4.69) is 26.1 Å². The number of ether oxygens (including phenoxy) is 1. The van der Waals surface area contributed by atoms with Gasteiger partial charge in [0.05, 0.1) is 0 Å². The third kappa shape index (κ3) is 3.99. The third-order valence-electron chi connectivity index (χ3n) is 5.06. The number of halogens is 1. The van der Waals surface area contributed by atoms with Gasteiger partial charge in [-0.05, 0) is 43.5 Å². The maximum absolute atomic E-state index is 13.0. The van der Waals surface area contributed by atoms with Crippen LogP contribution in [0.2, 0.25) is 0 Å². The molecule has 4 unspecified atom stereocenters. The quantitative estimate of drug-likeness (QED) is 0.626. The van der Waals surface area contributed by atoms with Crippen LogP contribution in [0.4, 0.5) is 10.3 Å². The second kappa shape index (κ2) is 7.45. The molecular weight excluding hydrogens is 351 g/mol. The molecule has 4 rings (SSSR count). The number of amides is 1. The van der Waals surface area contributed by atoms with Crippen LogP contribution in [0.3, 0.4) is 0 Å². The third-order valence-corrected chi connectivity index (χ3v) is 5.06. The SMILES string of the molecule is NC(=O)C1NNC2CCC(Nc3nccc(Oc4ccc(F)cc4)n3)CC21. The van der Waals surface area contributed by atoms with Crippen molar-refractivity contribution in [1.82, 2.24) is 20.8 Å². The molecule has 1 amide bonds. The first-order valence-corrected chi connectivity index (χ1v) is 8.92. The summed E-state index contributed by atoms with van der Waals surface area (Å²) in [6.07, 6.45) is 4.23. The minimum Gasteiger partial charge on any atom is -0.439 e. The van der Waals surface area contributed by atoms with Gasteiger partial charge in [-0.25, -0.2) is 14.8 Å². The summed E-state index contributed by atoms with van der Waals surface area (Å²) in [7, 11) is 0. The molecule has 27 heavy (non-hydrogen) atoms. The lowest BCUT2D eigenvalue weighted by molar-refractivity contribution is -0.120.